The maximum atomic E-state index is 12.7. The van der Waals surface area contributed by atoms with E-state index in [0.717, 1.165) is 13.1 Å². The molecule has 1 aliphatic heterocycles. The van der Waals surface area contributed by atoms with E-state index >= 15 is 0 Å². The van der Waals surface area contributed by atoms with Crippen LogP contribution in [0.3, 0.4) is 0 Å². The first-order valence-corrected chi connectivity index (χ1v) is 6.10. The van der Waals surface area contributed by atoms with Crippen LogP contribution in [0.25, 0.3) is 0 Å². The van der Waals surface area contributed by atoms with Crippen molar-refractivity contribution in [3.63, 3.8) is 0 Å². The molecule has 2 rings (SSSR count). The van der Waals surface area contributed by atoms with E-state index in [9.17, 15) is 9.50 Å². The van der Waals surface area contributed by atoms with Gasteiger partial charge in [-0.15, -0.1) is 0 Å². The van der Waals surface area contributed by atoms with Crippen molar-refractivity contribution in [1.82, 2.24) is 4.90 Å². The lowest BCUT2D eigenvalue weighted by Gasteiger charge is -2.20. The largest absolute Gasteiger partial charge is 0.492 e. The van der Waals surface area contributed by atoms with Gasteiger partial charge in [-0.25, -0.2) is 4.39 Å². The zero-order valence-electron chi connectivity index (χ0n) is 10.2. The van der Waals surface area contributed by atoms with Crippen LogP contribution in [0.4, 0.5) is 4.39 Å². The molecule has 0 unspecified atom stereocenters. The van der Waals surface area contributed by atoms with Crippen LogP contribution >= 0.6 is 0 Å². The molecule has 1 heterocycles. The maximum Gasteiger partial charge on any atom is 0.123 e. The molecule has 1 aliphatic rings. The Morgan fingerprint density at radius 1 is 1.39 bits per heavy atom. The van der Waals surface area contributed by atoms with Gasteiger partial charge in [0.15, 0.2) is 0 Å². The summed E-state index contributed by atoms with van der Waals surface area (Å²) in [5.74, 6) is 0.387. The number of hydrogen-bond donors (Lipinski definition) is 1. The van der Waals surface area contributed by atoms with E-state index in [4.69, 9.17) is 9.47 Å². The minimum atomic E-state index is -0.432. The summed E-state index contributed by atoms with van der Waals surface area (Å²) in [6.07, 6.45) is -0.432. The molecule has 0 bridgehead atoms. The van der Waals surface area contributed by atoms with E-state index in [1.165, 1.54) is 12.1 Å². The second-order valence-electron chi connectivity index (χ2n) is 4.33. The molecule has 100 valence electrons. The van der Waals surface area contributed by atoms with E-state index in [1.807, 2.05) is 0 Å². The van der Waals surface area contributed by atoms with Crippen molar-refractivity contribution >= 4 is 0 Å². The van der Waals surface area contributed by atoms with Crippen molar-refractivity contribution < 1.29 is 19.0 Å². The summed E-state index contributed by atoms with van der Waals surface area (Å²) in [6.45, 7) is 3.66. The highest BCUT2D eigenvalue weighted by Gasteiger charge is 2.15. The Morgan fingerprint density at radius 2 is 2.17 bits per heavy atom. The first-order valence-electron chi connectivity index (χ1n) is 6.10. The Labute approximate surface area is 106 Å². The number of nitrogens with zero attached hydrogens (tertiary/aromatic N) is 1. The molecule has 1 N–H and O–H groups in total. The van der Waals surface area contributed by atoms with E-state index in [2.05, 4.69) is 4.90 Å². The van der Waals surface area contributed by atoms with Crippen LogP contribution in [0.2, 0.25) is 0 Å². The van der Waals surface area contributed by atoms with Gasteiger partial charge in [-0.1, -0.05) is 0 Å². The first kappa shape index (κ1) is 13.3. The smallest absolute Gasteiger partial charge is 0.123 e. The molecule has 1 aromatic carbocycles. The van der Waals surface area contributed by atoms with Crippen molar-refractivity contribution in [2.45, 2.75) is 6.10 Å². The van der Waals surface area contributed by atoms with Crippen molar-refractivity contribution in [3.8, 4) is 5.75 Å². The third-order valence-corrected chi connectivity index (χ3v) is 2.82. The molecule has 0 saturated carbocycles. The van der Waals surface area contributed by atoms with Gasteiger partial charge in [0.25, 0.3) is 0 Å². The molecule has 0 aromatic heterocycles. The number of β-amino-alcohol motifs (C(OH)–C–C–N with tert-alkyl or cyclic N) is 1. The van der Waals surface area contributed by atoms with Gasteiger partial charge < -0.3 is 14.6 Å². The highest BCUT2D eigenvalue weighted by molar-refractivity contribution is 5.21. The molecule has 1 aromatic rings. The number of hydrogen-bond acceptors (Lipinski definition) is 4. The van der Waals surface area contributed by atoms with Gasteiger partial charge in [0, 0.05) is 19.6 Å². The summed E-state index contributed by atoms with van der Waals surface area (Å²) >= 11 is 0. The molecule has 0 spiro atoms. The molecule has 5 heteroatoms. The molecule has 4 nitrogen and oxygen atoms in total. The van der Waals surface area contributed by atoms with Gasteiger partial charge in [0.05, 0.1) is 19.3 Å². The van der Waals surface area contributed by atoms with Crippen LogP contribution in [-0.2, 0) is 4.74 Å². The lowest BCUT2D eigenvalue weighted by molar-refractivity contribution is 0.0560. The predicted octanol–water partition coefficient (Wildman–Crippen LogP) is 0.898. The molecule has 18 heavy (non-hydrogen) atoms. The van der Waals surface area contributed by atoms with Gasteiger partial charge in [-0.2, -0.15) is 0 Å². The highest BCUT2D eigenvalue weighted by Crippen LogP contribution is 2.11. The Hall–Kier alpha value is -1.17. The number of ether oxygens (including phenoxy) is 2. The number of aliphatic hydroxyl groups is 1. The van der Waals surface area contributed by atoms with Crippen LogP contribution in [0.15, 0.2) is 24.3 Å². The van der Waals surface area contributed by atoms with Crippen molar-refractivity contribution in [2.75, 3.05) is 39.5 Å². The van der Waals surface area contributed by atoms with Gasteiger partial charge >= 0.3 is 0 Å². The second kappa shape index (κ2) is 6.68. The van der Waals surface area contributed by atoms with Crippen LogP contribution in [0.5, 0.6) is 5.75 Å². The lowest BCUT2D eigenvalue weighted by atomic mass is 10.3. The summed E-state index contributed by atoms with van der Waals surface area (Å²) < 4.78 is 23.4. The summed E-state index contributed by atoms with van der Waals surface area (Å²) in [4.78, 5) is 2.10. The Balaban J connectivity index is 1.72. The van der Waals surface area contributed by atoms with Crippen LogP contribution in [0.1, 0.15) is 0 Å². The van der Waals surface area contributed by atoms with E-state index in [0.29, 0.717) is 32.1 Å². The molecule has 0 amide bonds. The number of benzene rings is 1. The third-order valence-electron chi connectivity index (χ3n) is 2.82. The summed E-state index contributed by atoms with van der Waals surface area (Å²) in [6, 6.07) is 5.96. The average molecular weight is 255 g/mol. The third kappa shape index (κ3) is 4.25. The van der Waals surface area contributed by atoms with Crippen molar-refractivity contribution in [1.29, 1.82) is 0 Å². The van der Waals surface area contributed by atoms with Gasteiger partial charge in [-0.05, 0) is 24.3 Å². The fraction of sp³-hybridized carbons (Fsp3) is 0.538. The average Bonchev–Trinajstić information content (AvgIpc) is 2.56. The van der Waals surface area contributed by atoms with E-state index in [1.54, 1.807) is 12.1 Å². The molecule has 0 aliphatic carbocycles. The van der Waals surface area contributed by atoms with Crippen LogP contribution < -0.4 is 4.74 Å². The van der Waals surface area contributed by atoms with E-state index < -0.39 is 6.10 Å². The van der Waals surface area contributed by atoms with Crippen LogP contribution in [-0.4, -0.2) is 55.6 Å². The topological polar surface area (TPSA) is 41.9 Å². The second-order valence-corrected chi connectivity index (χ2v) is 4.33. The molecule has 1 fully saturated rings. The number of halogens is 1. The predicted molar refractivity (Wildman–Crippen MR) is 65.2 cm³/mol. The highest BCUT2D eigenvalue weighted by atomic mass is 19.1. The molecular formula is C13H18FNO3. The number of aliphatic hydroxyl groups excluding tert-OH is 1. The molecular weight excluding hydrogens is 237 g/mol. The fourth-order valence-corrected chi connectivity index (χ4v) is 1.88. The maximum absolute atomic E-state index is 12.7. The molecule has 0 radical (unpaired) electrons. The zero-order valence-corrected chi connectivity index (χ0v) is 10.2. The van der Waals surface area contributed by atoms with Gasteiger partial charge in [-0.3, -0.25) is 4.90 Å². The number of rotatable bonds is 4. The zero-order chi connectivity index (χ0) is 12.8. The van der Waals surface area contributed by atoms with Crippen LogP contribution in [0, 0.1) is 5.82 Å². The SMILES string of the molecule is O[C@H]1COCCN(CCOc2ccc(F)cc2)C1. The molecule has 1 atom stereocenters. The van der Waals surface area contributed by atoms with Gasteiger partial charge in [0.2, 0.25) is 0 Å². The monoisotopic (exact) mass is 255 g/mol. The normalized spacial score (nSPS) is 21.6. The summed E-state index contributed by atoms with van der Waals surface area (Å²) in [7, 11) is 0. The van der Waals surface area contributed by atoms with Crippen molar-refractivity contribution in [3.05, 3.63) is 30.1 Å². The lowest BCUT2D eigenvalue weighted by Crippen LogP contribution is -2.35. The first-order chi connectivity index (χ1) is 8.74. The minimum Gasteiger partial charge on any atom is -0.492 e. The minimum absolute atomic E-state index is 0.268. The Kier molecular flexibility index (Phi) is 4.92. The Morgan fingerprint density at radius 3 is 2.94 bits per heavy atom. The molecule has 1 saturated heterocycles. The summed E-state index contributed by atoms with van der Waals surface area (Å²) in [5.41, 5.74) is 0. The quantitative estimate of drug-likeness (QED) is 0.868. The van der Waals surface area contributed by atoms with Crippen molar-refractivity contribution in [2.24, 2.45) is 0 Å². The Bertz CT molecular complexity index is 358. The fourth-order valence-electron chi connectivity index (χ4n) is 1.88. The summed E-state index contributed by atoms with van der Waals surface area (Å²) in [5, 5.41) is 9.56. The standard InChI is InChI=1S/C13H18FNO3/c14-11-1-3-13(4-2-11)18-8-6-15-5-7-17-10-12(16)9-15/h1-4,12,16H,5-10H2/t12-/m1/s1. The van der Waals surface area contributed by atoms with Gasteiger partial charge in [0.1, 0.15) is 18.2 Å². The van der Waals surface area contributed by atoms with E-state index in [-0.39, 0.29) is 5.82 Å².